The molecule has 0 radical (unpaired) electrons. The Hall–Kier alpha value is -2.49. The second kappa shape index (κ2) is 6.52. The number of hydrogen-bond acceptors (Lipinski definition) is 3. The van der Waals surface area contributed by atoms with E-state index in [0.717, 1.165) is 16.9 Å². The summed E-state index contributed by atoms with van der Waals surface area (Å²) in [6, 6.07) is 11.5. The number of hydrogen-bond donors (Lipinski definition) is 3. The van der Waals surface area contributed by atoms with Crippen LogP contribution in [0.5, 0.6) is 0 Å². The molecule has 0 saturated heterocycles. The molecule has 0 fully saturated rings. The Kier molecular flexibility index (Phi) is 4.71. The van der Waals surface area contributed by atoms with Gasteiger partial charge in [-0.3, -0.25) is 4.79 Å². The highest BCUT2D eigenvalue weighted by atomic mass is 16.1. The monoisotopic (exact) mass is 297 g/mol. The van der Waals surface area contributed by atoms with Gasteiger partial charge in [0.25, 0.3) is 5.91 Å². The lowest BCUT2D eigenvalue weighted by Crippen LogP contribution is -2.30. The second-order valence-electron chi connectivity index (χ2n) is 5.81. The Labute approximate surface area is 131 Å². The van der Waals surface area contributed by atoms with Gasteiger partial charge in [0.2, 0.25) is 0 Å². The van der Waals surface area contributed by atoms with Crippen LogP contribution in [0.4, 0.5) is 17.1 Å². The van der Waals surface area contributed by atoms with Crippen molar-refractivity contribution < 1.29 is 4.79 Å². The van der Waals surface area contributed by atoms with Gasteiger partial charge in [-0.05, 0) is 63.1 Å². The van der Waals surface area contributed by atoms with E-state index in [4.69, 9.17) is 5.73 Å². The Morgan fingerprint density at radius 1 is 1.09 bits per heavy atom. The molecule has 2 aromatic carbocycles. The molecule has 0 aliphatic heterocycles. The first kappa shape index (κ1) is 15.9. The smallest absolute Gasteiger partial charge is 0.253 e. The third kappa shape index (κ3) is 3.58. The van der Waals surface area contributed by atoms with E-state index in [-0.39, 0.29) is 11.9 Å². The number of nitrogens with two attached hydrogens (primary N) is 1. The first-order valence-electron chi connectivity index (χ1n) is 7.42. The summed E-state index contributed by atoms with van der Waals surface area (Å²) in [5, 5.41) is 6.25. The van der Waals surface area contributed by atoms with E-state index in [2.05, 4.69) is 30.5 Å². The second-order valence-corrected chi connectivity index (χ2v) is 5.81. The van der Waals surface area contributed by atoms with Crippen LogP contribution >= 0.6 is 0 Å². The third-order valence-electron chi connectivity index (χ3n) is 3.58. The predicted molar refractivity (Wildman–Crippen MR) is 92.7 cm³/mol. The van der Waals surface area contributed by atoms with Gasteiger partial charge in [-0.1, -0.05) is 12.1 Å². The molecule has 0 unspecified atom stereocenters. The van der Waals surface area contributed by atoms with Crippen molar-refractivity contribution in [3.8, 4) is 0 Å². The van der Waals surface area contributed by atoms with Crippen molar-refractivity contribution >= 4 is 23.0 Å². The SMILES string of the molecule is Cc1cccc(Nc2ccc(N)cc2C(=O)NC(C)C)c1C. The molecule has 116 valence electrons. The molecule has 4 heteroatoms. The molecule has 4 nitrogen and oxygen atoms in total. The van der Waals surface area contributed by atoms with Gasteiger partial charge in [0.15, 0.2) is 0 Å². The van der Waals surface area contributed by atoms with Gasteiger partial charge in [0.05, 0.1) is 11.3 Å². The van der Waals surface area contributed by atoms with Crippen LogP contribution in [0.1, 0.15) is 35.3 Å². The number of nitrogen functional groups attached to an aromatic ring is 1. The van der Waals surface area contributed by atoms with Crippen molar-refractivity contribution in [3.63, 3.8) is 0 Å². The minimum atomic E-state index is -0.130. The summed E-state index contributed by atoms with van der Waals surface area (Å²) in [6.45, 7) is 7.99. The molecule has 0 saturated carbocycles. The van der Waals surface area contributed by atoms with Crippen LogP contribution in [0.2, 0.25) is 0 Å². The van der Waals surface area contributed by atoms with Gasteiger partial charge >= 0.3 is 0 Å². The minimum Gasteiger partial charge on any atom is -0.399 e. The summed E-state index contributed by atoms with van der Waals surface area (Å²) in [7, 11) is 0. The van der Waals surface area contributed by atoms with Gasteiger partial charge in [0, 0.05) is 17.4 Å². The first-order valence-corrected chi connectivity index (χ1v) is 7.42. The number of rotatable bonds is 4. The highest BCUT2D eigenvalue weighted by Gasteiger charge is 2.14. The summed E-state index contributed by atoms with van der Waals surface area (Å²) in [5.41, 5.74) is 11.1. The fraction of sp³-hybridized carbons (Fsp3) is 0.278. The van der Waals surface area contributed by atoms with Crippen LogP contribution in [-0.4, -0.2) is 11.9 Å². The van der Waals surface area contributed by atoms with E-state index in [9.17, 15) is 4.79 Å². The van der Waals surface area contributed by atoms with E-state index in [0.29, 0.717) is 11.3 Å². The number of nitrogens with one attached hydrogen (secondary N) is 2. The zero-order valence-electron chi connectivity index (χ0n) is 13.5. The molecule has 4 N–H and O–H groups in total. The molecule has 0 spiro atoms. The maximum absolute atomic E-state index is 12.4. The lowest BCUT2D eigenvalue weighted by atomic mass is 10.1. The van der Waals surface area contributed by atoms with E-state index in [1.807, 2.05) is 32.0 Å². The zero-order valence-corrected chi connectivity index (χ0v) is 13.5. The Balaban J connectivity index is 2.38. The third-order valence-corrected chi connectivity index (χ3v) is 3.58. The summed E-state index contributed by atoms with van der Waals surface area (Å²) >= 11 is 0. The summed E-state index contributed by atoms with van der Waals surface area (Å²) in [4.78, 5) is 12.4. The predicted octanol–water partition coefficient (Wildman–Crippen LogP) is 3.77. The van der Waals surface area contributed by atoms with E-state index < -0.39 is 0 Å². The maximum atomic E-state index is 12.4. The molecular formula is C18H23N3O. The number of amides is 1. The van der Waals surface area contributed by atoms with Crippen molar-refractivity contribution in [1.29, 1.82) is 0 Å². The number of carbonyl (C=O) groups is 1. The fourth-order valence-electron chi connectivity index (χ4n) is 2.23. The molecular weight excluding hydrogens is 274 g/mol. The number of carbonyl (C=O) groups excluding carboxylic acids is 1. The maximum Gasteiger partial charge on any atom is 0.253 e. The van der Waals surface area contributed by atoms with Crippen LogP contribution in [0.25, 0.3) is 0 Å². The van der Waals surface area contributed by atoms with Crippen LogP contribution in [0.15, 0.2) is 36.4 Å². The topological polar surface area (TPSA) is 67.1 Å². The Morgan fingerprint density at radius 3 is 2.50 bits per heavy atom. The molecule has 0 aromatic heterocycles. The Bertz CT molecular complexity index is 693. The normalized spacial score (nSPS) is 10.6. The number of benzene rings is 2. The van der Waals surface area contributed by atoms with Gasteiger partial charge < -0.3 is 16.4 Å². The van der Waals surface area contributed by atoms with Crippen molar-refractivity contribution in [2.75, 3.05) is 11.1 Å². The summed E-state index contributed by atoms with van der Waals surface area (Å²) < 4.78 is 0. The van der Waals surface area contributed by atoms with Crippen LogP contribution in [-0.2, 0) is 0 Å². The lowest BCUT2D eigenvalue weighted by molar-refractivity contribution is 0.0944. The van der Waals surface area contributed by atoms with E-state index >= 15 is 0 Å². The molecule has 0 atom stereocenters. The standard InChI is InChI=1S/C18H23N3O/c1-11(2)20-18(22)15-10-14(19)8-9-17(15)21-16-7-5-6-12(3)13(16)4/h5-11,21H,19H2,1-4H3,(H,20,22). The fourth-order valence-corrected chi connectivity index (χ4v) is 2.23. The first-order chi connectivity index (χ1) is 10.4. The van der Waals surface area contributed by atoms with Crippen LogP contribution in [0, 0.1) is 13.8 Å². The Morgan fingerprint density at radius 2 is 1.82 bits per heavy atom. The van der Waals surface area contributed by atoms with Gasteiger partial charge in [0.1, 0.15) is 0 Å². The van der Waals surface area contributed by atoms with Gasteiger partial charge in [-0.25, -0.2) is 0 Å². The number of aryl methyl sites for hydroxylation is 1. The van der Waals surface area contributed by atoms with Crippen molar-refractivity contribution in [3.05, 3.63) is 53.1 Å². The minimum absolute atomic E-state index is 0.0717. The van der Waals surface area contributed by atoms with E-state index in [1.165, 1.54) is 5.56 Å². The molecule has 0 aliphatic rings. The van der Waals surface area contributed by atoms with Crippen molar-refractivity contribution in [2.45, 2.75) is 33.7 Å². The molecule has 22 heavy (non-hydrogen) atoms. The summed E-state index contributed by atoms with van der Waals surface area (Å²) in [5.74, 6) is -0.130. The largest absolute Gasteiger partial charge is 0.399 e. The van der Waals surface area contributed by atoms with Gasteiger partial charge in [-0.15, -0.1) is 0 Å². The van der Waals surface area contributed by atoms with Gasteiger partial charge in [-0.2, -0.15) is 0 Å². The summed E-state index contributed by atoms with van der Waals surface area (Å²) in [6.07, 6.45) is 0. The molecule has 2 aromatic rings. The molecule has 0 heterocycles. The average molecular weight is 297 g/mol. The molecule has 1 amide bonds. The molecule has 2 rings (SSSR count). The molecule has 0 bridgehead atoms. The van der Waals surface area contributed by atoms with Crippen LogP contribution < -0.4 is 16.4 Å². The van der Waals surface area contributed by atoms with Crippen molar-refractivity contribution in [2.24, 2.45) is 0 Å². The molecule has 0 aliphatic carbocycles. The lowest BCUT2D eigenvalue weighted by Gasteiger charge is -2.16. The zero-order chi connectivity index (χ0) is 16.3. The van der Waals surface area contributed by atoms with Crippen LogP contribution in [0.3, 0.4) is 0 Å². The number of anilines is 3. The highest BCUT2D eigenvalue weighted by molar-refractivity contribution is 6.01. The van der Waals surface area contributed by atoms with Crippen molar-refractivity contribution in [1.82, 2.24) is 5.32 Å². The van der Waals surface area contributed by atoms with E-state index in [1.54, 1.807) is 12.1 Å². The highest BCUT2D eigenvalue weighted by Crippen LogP contribution is 2.26. The average Bonchev–Trinajstić information content (AvgIpc) is 2.45. The quantitative estimate of drug-likeness (QED) is 0.753.